The molecule has 0 spiro atoms. The topological polar surface area (TPSA) is 85.0 Å². The van der Waals surface area contributed by atoms with E-state index in [9.17, 15) is 4.79 Å². The van der Waals surface area contributed by atoms with Crippen molar-refractivity contribution in [2.75, 3.05) is 40.0 Å². The minimum absolute atomic E-state index is 0.0553. The first-order valence-corrected chi connectivity index (χ1v) is 9.70. The molecule has 2 heterocycles. The SMILES string of the molecule is CN(CC1CCOCC1)C(C)(C)C(=O)Cc1cc(C(C)(C)OCCO)no1. The molecule has 2 rings (SSSR count). The van der Waals surface area contributed by atoms with Gasteiger partial charge in [-0.1, -0.05) is 5.16 Å². The van der Waals surface area contributed by atoms with Gasteiger partial charge < -0.3 is 19.1 Å². The molecular formula is C20H34N2O5. The van der Waals surface area contributed by atoms with Crippen molar-refractivity contribution in [2.24, 2.45) is 5.92 Å². The summed E-state index contributed by atoms with van der Waals surface area (Å²) in [5, 5.41) is 13.0. The predicted molar refractivity (Wildman–Crippen MR) is 102 cm³/mol. The van der Waals surface area contributed by atoms with Crippen LogP contribution in [-0.2, 0) is 26.3 Å². The first kappa shape index (κ1) is 22.0. The van der Waals surface area contributed by atoms with E-state index in [-0.39, 0.29) is 25.4 Å². The Labute approximate surface area is 162 Å². The maximum Gasteiger partial charge on any atom is 0.160 e. The Morgan fingerprint density at radius 2 is 2.00 bits per heavy atom. The van der Waals surface area contributed by atoms with Gasteiger partial charge in [0.15, 0.2) is 5.78 Å². The van der Waals surface area contributed by atoms with E-state index in [2.05, 4.69) is 10.1 Å². The Kier molecular flexibility index (Phi) is 7.56. The summed E-state index contributed by atoms with van der Waals surface area (Å²) in [4.78, 5) is 15.1. The lowest BCUT2D eigenvalue weighted by Crippen LogP contribution is -2.50. The van der Waals surface area contributed by atoms with Gasteiger partial charge in [0, 0.05) is 25.8 Å². The van der Waals surface area contributed by atoms with Crippen LogP contribution in [0.1, 0.15) is 52.0 Å². The Morgan fingerprint density at radius 3 is 2.63 bits per heavy atom. The van der Waals surface area contributed by atoms with Crippen molar-refractivity contribution in [3.05, 3.63) is 17.5 Å². The molecule has 1 fully saturated rings. The summed E-state index contributed by atoms with van der Waals surface area (Å²) in [5.74, 6) is 1.19. The molecule has 27 heavy (non-hydrogen) atoms. The number of rotatable bonds is 10. The van der Waals surface area contributed by atoms with Gasteiger partial charge in [0.2, 0.25) is 0 Å². The molecular weight excluding hydrogens is 348 g/mol. The van der Waals surface area contributed by atoms with Crippen LogP contribution in [0, 0.1) is 5.92 Å². The second-order valence-electron chi connectivity index (χ2n) is 8.36. The van der Waals surface area contributed by atoms with E-state index >= 15 is 0 Å². The standard InChI is InChI=1S/C20H34N2O5/c1-19(2,22(5)14-15-6-9-25-10-7-15)18(24)13-16-12-17(21-27-16)20(3,4)26-11-8-23/h12,15,23H,6-11,13-14H2,1-5H3. The number of carbonyl (C=O) groups excluding carboxylic acids is 1. The number of ketones is 1. The molecule has 1 N–H and O–H groups in total. The lowest BCUT2D eigenvalue weighted by molar-refractivity contribution is -0.128. The van der Waals surface area contributed by atoms with Crippen LogP contribution in [0.25, 0.3) is 0 Å². The smallest absolute Gasteiger partial charge is 0.160 e. The monoisotopic (exact) mass is 382 g/mol. The Bertz CT molecular complexity index is 605. The van der Waals surface area contributed by atoms with Gasteiger partial charge in [-0.2, -0.15) is 0 Å². The van der Waals surface area contributed by atoms with Gasteiger partial charge in [0.1, 0.15) is 17.1 Å². The highest BCUT2D eigenvalue weighted by molar-refractivity contribution is 5.89. The molecule has 0 atom stereocenters. The Hall–Kier alpha value is -1.28. The summed E-state index contributed by atoms with van der Waals surface area (Å²) in [6.07, 6.45) is 2.28. The van der Waals surface area contributed by atoms with Gasteiger partial charge in [-0.05, 0) is 53.5 Å². The maximum absolute atomic E-state index is 12.9. The summed E-state index contributed by atoms with van der Waals surface area (Å²) in [5.41, 5.74) is -0.649. The van der Waals surface area contributed by atoms with Gasteiger partial charge in [0.25, 0.3) is 0 Å². The van der Waals surface area contributed by atoms with Crippen LogP contribution in [0.3, 0.4) is 0 Å². The third kappa shape index (κ3) is 5.85. The second-order valence-corrected chi connectivity index (χ2v) is 8.36. The zero-order valence-corrected chi connectivity index (χ0v) is 17.3. The number of ether oxygens (including phenoxy) is 2. The molecule has 0 unspecified atom stereocenters. The molecule has 0 saturated carbocycles. The average molecular weight is 383 g/mol. The number of likely N-dealkylation sites (N-methyl/N-ethyl adjacent to an activating group) is 1. The number of nitrogens with zero attached hydrogens (tertiary/aromatic N) is 2. The normalized spacial score (nSPS) is 16.9. The fourth-order valence-corrected chi connectivity index (χ4v) is 3.19. The molecule has 154 valence electrons. The van der Waals surface area contributed by atoms with Crippen LogP contribution < -0.4 is 0 Å². The number of hydrogen-bond acceptors (Lipinski definition) is 7. The summed E-state index contributed by atoms with van der Waals surface area (Å²) < 4.78 is 16.4. The van der Waals surface area contributed by atoms with Gasteiger partial charge in [-0.3, -0.25) is 9.69 Å². The zero-order chi connectivity index (χ0) is 20.1. The number of hydrogen-bond donors (Lipinski definition) is 1. The Morgan fingerprint density at radius 1 is 1.33 bits per heavy atom. The minimum Gasteiger partial charge on any atom is -0.394 e. The van der Waals surface area contributed by atoms with E-state index in [1.165, 1.54) is 0 Å². The molecule has 0 amide bonds. The first-order valence-electron chi connectivity index (χ1n) is 9.70. The zero-order valence-electron chi connectivity index (χ0n) is 17.3. The maximum atomic E-state index is 12.9. The Balaban J connectivity index is 1.96. The van der Waals surface area contributed by atoms with Crippen molar-refractivity contribution in [2.45, 2.75) is 58.1 Å². The van der Waals surface area contributed by atoms with Crippen LogP contribution in [-0.4, -0.2) is 66.5 Å². The largest absolute Gasteiger partial charge is 0.394 e. The fourth-order valence-electron chi connectivity index (χ4n) is 3.19. The highest BCUT2D eigenvalue weighted by Gasteiger charge is 2.34. The van der Waals surface area contributed by atoms with Gasteiger partial charge in [-0.15, -0.1) is 0 Å². The van der Waals surface area contributed by atoms with Crippen LogP contribution in [0.2, 0.25) is 0 Å². The van der Waals surface area contributed by atoms with E-state index in [0.29, 0.717) is 17.4 Å². The fraction of sp³-hybridized carbons (Fsp3) is 0.800. The summed E-state index contributed by atoms with van der Waals surface area (Å²) in [7, 11) is 2.00. The quantitative estimate of drug-likeness (QED) is 0.664. The number of aliphatic hydroxyl groups is 1. The molecule has 1 aromatic heterocycles. The van der Waals surface area contributed by atoms with E-state index in [0.717, 1.165) is 32.6 Å². The van der Waals surface area contributed by atoms with E-state index < -0.39 is 11.1 Å². The summed E-state index contributed by atoms with van der Waals surface area (Å²) >= 11 is 0. The van der Waals surface area contributed by atoms with Crippen molar-refractivity contribution in [1.82, 2.24) is 10.1 Å². The summed E-state index contributed by atoms with van der Waals surface area (Å²) in [6.45, 7) is 10.3. The molecule has 1 aliphatic rings. The van der Waals surface area contributed by atoms with E-state index in [1.54, 1.807) is 6.07 Å². The van der Waals surface area contributed by atoms with E-state index in [1.807, 2.05) is 34.7 Å². The molecule has 0 radical (unpaired) electrons. The molecule has 1 saturated heterocycles. The average Bonchev–Trinajstić information content (AvgIpc) is 3.10. The molecule has 1 aromatic rings. The molecule has 1 aliphatic heterocycles. The van der Waals surface area contributed by atoms with Crippen LogP contribution in [0.5, 0.6) is 0 Å². The molecule has 0 aliphatic carbocycles. The van der Waals surface area contributed by atoms with Crippen LogP contribution in [0.15, 0.2) is 10.6 Å². The molecule has 7 nitrogen and oxygen atoms in total. The molecule has 7 heteroatoms. The van der Waals surface area contributed by atoms with E-state index in [4.69, 9.17) is 19.1 Å². The summed E-state index contributed by atoms with van der Waals surface area (Å²) in [6, 6.07) is 1.77. The van der Waals surface area contributed by atoms with Crippen molar-refractivity contribution in [3.8, 4) is 0 Å². The highest BCUT2D eigenvalue weighted by atomic mass is 16.5. The van der Waals surface area contributed by atoms with Crippen molar-refractivity contribution < 1.29 is 23.9 Å². The minimum atomic E-state index is -0.678. The molecule has 0 aromatic carbocycles. The lowest BCUT2D eigenvalue weighted by Gasteiger charge is -2.37. The van der Waals surface area contributed by atoms with Crippen molar-refractivity contribution in [1.29, 1.82) is 0 Å². The van der Waals surface area contributed by atoms with Gasteiger partial charge >= 0.3 is 0 Å². The number of aliphatic hydroxyl groups excluding tert-OH is 1. The second kappa shape index (κ2) is 9.28. The highest BCUT2D eigenvalue weighted by Crippen LogP contribution is 2.26. The van der Waals surface area contributed by atoms with Gasteiger partial charge in [-0.25, -0.2) is 0 Å². The van der Waals surface area contributed by atoms with Gasteiger partial charge in [0.05, 0.1) is 25.2 Å². The lowest BCUT2D eigenvalue weighted by atomic mass is 9.91. The van der Waals surface area contributed by atoms with Crippen molar-refractivity contribution in [3.63, 3.8) is 0 Å². The first-order chi connectivity index (χ1) is 12.7. The number of aromatic nitrogens is 1. The predicted octanol–water partition coefficient (Wildman–Crippen LogP) is 2.17. The third-order valence-corrected chi connectivity index (χ3v) is 5.57. The van der Waals surface area contributed by atoms with Crippen molar-refractivity contribution >= 4 is 5.78 Å². The third-order valence-electron chi connectivity index (χ3n) is 5.57. The number of carbonyl (C=O) groups is 1. The van der Waals surface area contributed by atoms with Crippen LogP contribution in [0.4, 0.5) is 0 Å². The number of Topliss-reactive ketones (excluding diaryl/α,β-unsaturated/α-hetero) is 1. The molecule has 0 bridgehead atoms. The van der Waals surface area contributed by atoms with Crippen LogP contribution >= 0.6 is 0 Å².